The third-order valence-corrected chi connectivity index (χ3v) is 11.3. The van der Waals surface area contributed by atoms with Gasteiger partial charge >= 0.3 is 0 Å². The number of rotatable bonds is 3. The minimum Gasteiger partial charge on any atom is -0.454 e. The number of pyridine rings is 1. The fraction of sp³-hybridized carbons (Fsp3) is 0. The van der Waals surface area contributed by atoms with Gasteiger partial charge in [-0.1, -0.05) is 115 Å². The molecule has 0 radical (unpaired) electrons. The second-order valence-corrected chi connectivity index (χ2v) is 14.0. The van der Waals surface area contributed by atoms with Crippen molar-refractivity contribution in [3.63, 3.8) is 0 Å². The number of aromatic nitrogens is 2. The first kappa shape index (κ1) is 28.5. The van der Waals surface area contributed by atoms with Gasteiger partial charge in [0.2, 0.25) is 0 Å². The summed E-state index contributed by atoms with van der Waals surface area (Å²) in [5.41, 5.74) is 11.3. The number of hydrogen-bond donors (Lipinski definition) is 0. The first-order valence-electron chi connectivity index (χ1n) is 18.0. The summed E-state index contributed by atoms with van der Waals surface area (Å²) < 4.78 is 11.0. The number of nitrogens with zero attached hydrogens (tertiary/aromatic N) is 2. The summed E-state index contributed by atoms with van der Waals surface area (Å²) in [6.07, 6.45) is 0. The highest BCUT2D eigenvalue weighted by Crippen LogP contribution is 2.42. The van der Waals surface area contributed by atoms with E-state index in [0.29, 0.717) is 5.39 Å². The van der Waals surface area contributed by atoms with E-state index in [1.165, 1.54) is 21.9 Å². The fourth-order valence-corrected chi connectivity index (χ4v) is 8.88. The SMILES string of the molecule is O=c1c2ccc(-c3cc(-n4c5ccccc5c5cc(-c6ccccc6)ccc54)c4oc5ccccc5c4c3)cc2c2cccc3c4ccccc4n1c23. The predicted octanol–water partition coefficient (Wildman–Crippen LogP) is 12.5. The molecule has 0 aliphatic rings. The zero-order chi connectivity index (χ0) is 34.8. The molecule has 4 heteroatoms. The molecule has 0 bridgehead atoms. The molecular weight excluding hydrogens is 649 g/mol. The van der Waals surface area contributed by atoms with Gasteiger partial charge < -0.3 is 8.98 Å². The monoisotopic (exact) mass is 676 g/mol. The minimum absolute atomic E-state index is 0.00794. The Morgan fingerprint density at radius 3 is 1.83 bits per heavy atom. The average Bonchev–Trinajstić information content (AvgIpc) is 3.88. The van der Waals surface area contributed by atoms with Crippen LogP contribution in [-0.2, 0) is 0 Å². The van der Waals surface area contributed by atoms with Gasteiger partial charge in [0.05, 0.1) is 27.8 Å². The van der Waals surface area contributed by atoms with Gasteiger partial charge in [-0.25, -0.2) is 0 Å². The van der Waals surface area contributed by atoms with Crippen LogP contribution in [0.25, 0.3) is 110 Å². The zero-order valence-corrected chi connectivity index (χ0v) is 28.4. The summed E-state index contributed by atoms with van der Waals surface area (Å²) in [6.45, 7) is 0. The van der Waals surface area contributed by atoms with Crippen LogP contribution in [0.5, 0.6) is 0 Å². The quantitative estimate of drug-likeness (QED) is 0.175. The topological polar surface area (TPSA) is 39.5 Å². The Morgan fingerprint density at radius 1 is 0.377 bits per heavy atom. The standard InChI is InChI=1S/C49H28N2O2/c52-49-38-23-21-31(25-39(38)37-17-10-16-36-33-13-4-8-19-43(33)51(49)47(36)37)32-27-41-35-15-6-9-20-46(35)53-48(41)45(28-32)50-42-18-7-5-14-34(42)40-26-30(22-24-44(40)50)29-11-2-1-3-12-29/h1-28H. The molecule has 0 amide bonds. The Labute approximate surface area is 302 Å². The maximum Gasteiger partial charge on any atom is 0.263 e. The zero-order valence-electron chi connectivity index (χ0n) is 28.4. The van der Waals surface area contributed by atoms with E-state index in [1.807, 2.05) is 40.8 Å². The maximum absolute atomic E-state index is 14.2. The number of hydrogen-bond acceptors (Lipinski definition) is 2. The van der Waals surface area contributed by atoms with Gasteiger partial charge in [-0.2, -0.15) is 0 Å². The number of benzene rings is 8. The Hall–Kier alpha value is -7.17. The van der Waals surface area contributed by atoms with E-state index < -0.39 is 0 Å². The lowest BCUT2D eigenvalue weighted by Crippen LogP contribution is -2.12. The van der Waals surface area contributed by atoms with Crippen LogP contribution in [-0.4, -0.2) is 8.97 Å². The van der Waals surface area contributed by atoms with Gasteiger partial charge in [-0.05, 0) is 82.2 Å². The molecule has 0 saturated heterocycles. The van der Waals surface area contributed by atoms with Crippen molar-refractivity contribution in [1.82, 2.24) is 8.97 Å². The average molecular weight is 677 g/mol. The van der Waals surface area contributed by atoms with E-state index in [4.69, 9.17) is 4.42 Å². The predicted molar refractivity (Wildman–Crippen MR) is 220 cm³/mol. The molecule has 4 aromatic heterocycles. The summed E-state index contributed by atoms with van der Waals surface area (Å²) in [6, 6.07) is 59.6. The van der Waals surface area contributed by atoms with Crippen LogP contribution in [0.4, 0.5) is 0 Å². The third-order valence-electron chi connectivity index (χ3n) is 11.3. The Balaban J connectivity index is 1.16. The number of fused-ring (bicyclic) bond motifs is 11. The van der Waals surface area contributed by atoms with Gasteiger partial charge in [-0.15, -0.1) is 0 Å². The molecule has 0 atom stereocenters. The van der Waals surface area contributed by atoms with E-state index in [-0.39, 0.29) is 5.56 Å². The summed E-state index contributed by atoms with van der Waals surface area (Å²) in [7, 11) is 0. The highest BCUT2D eigenvalue weighted by molar-refractivity contribution is 6.21. The van der Waals surface area contributed by atoms with Crippen LogP contribution in [0.3, 0.4) is 0 Å². The third kappa shape index (κ3) is 3.87. The van der Waals surface area contributed by atoms with Gasteiger partial charge in [0.25, 0.3) is 5.56 Å². The molecule has 8 aromatic carbocycles. The molecule has 0 aliphatic heterocycles. The van der Waals surface area contributed by atoms with Crippen LogP contribution in [0.15, 0.2) is 179 Å². The van der Waals surface area contributed by atoms with Gasteiger partial charge in [-0.3, -0.25) is 9.20 Å². The Bertz CT molecular complexity index is 3530. The maximum atomic E-state index is 14.2. The van der Waals surface area contributed by atoms with E-state index in [9.17, 15) is 4.79 Å². The molecule has 12 aromatic rings. The molecule has 0 unspecified atom stereocenters. The lowest BCUT2D eigenvalue weighted by molar-refractivity contribution is 0.666. The molecule has 12 rings (SSSR count). The highest BCUT2D eigenvalue weighted by atomic mass is 16.3. The lowest BCUT2D eigenvalue weighted by atomic mass is 9.97. The van der Waals surface area contributed by atoms with E-state index >= 15 is 0 Å². The Kier molecular flexibility index (Phi) is 5.62. The molecule has 53 heavy (non-hydrogen) atoms. The molecule has 0 fully saturated rings. The van der Waals surface area contributed by atoms with Crippen molar-refractivity contribution in [2.45, 2.75) is 0 Å². The first-order chi connectivity index (χ1) is 26.2. The molecule has 0 spiro atoms. The van der Waals surface area contributed by atoms with Crippen molar-refractivity contribution in [2.75, 3.05) is 0 Å². The molecule has 0 saturated carbocycles. The molecule has 0 N–H and O–H groups in total. The fourth-order valence-electron chi connectivity index (χ4n) is 8.88. The molecule has 4 heterocycles. The van der Waals surface area contributed by atoms with Crippen molar-refractivity contribution < 1.29 is 4.42 Å². The van der Waals surface area contributed by atoms with Crippen LogP contribution >= 0.6 is 0 Å². The van der Waals surface area contributed by atoms with Crippen LogP contribution in [0.2, 0.25) is 0 Å². The molecule has 4 nitrogen and oxygen atoms in total. The summed E-state index contributed by atoms with van der Waals surface area (Å²) in [5.74, 6) is 0. The van der Waals surface area contributed by atoms with E-state index in [0.717, 1.165) is 82.4 Å². The Morgan fingerprint density at radius 2 is 0.981 bits per heavy atom. The van der Waals surface area contributed by atoms with Crippen molar-refractivity contribution in [1.29, 1.82) is 0 Å². The van der Waals surface area contributed by atoms with Gasteiger partial charge in [0.15, 0.2) is 5.58 Å². The molecular formula is C49H28N2O2. The van der Waals surface area contributed by atoms with Crippen LogP contribution in [0.1, 0.15) is 0 Å². The minimum atomic E-state index is 0.00794. The van der Waals surface area contributed by atoms with Crippen molar-refractivity contribution in [3.05, 3.63) is 180 Å². The second-order valence-electron chi connectivity index (χ2n) is 14.0. The van der Waals surface area contributed by atoms with Crippen molar-refractivity contribution in [2.24, 2.45) is 0 Å². The van der Waals surface area contributed by atoms with Crippen LogP contribution in [0, 0.1) is 0 Å². The summed E-state index contributed by atoms with van der Waals surface area (Å²) >= 11 is 0. The largest absolute Gasteiger partial charge is 0.454 e. The second kappa shape index (κ2) is 10.4. The summed E-state index contributed by atoms with van der Waals surface area (Å²) in [4.78, 5) is 14.2. The van der Waals surface area contributed by atoms with Crippen LogP contribution < -0.4 is 5.56 Å². The van der Waals surface area contributed by atoms with E-state index in [1.54, 1.807) is 0 Å². The van der Waals surface area contributed by atoms with Gasteiger partial charge in [0, 0.05) is 43.1 Å². The molecule has 0 aliphatic carbocycles. The van der Waals surface area contributed by atoms with Crippen molar-refractivity contribution >= 4 is 81.7 Å². The normalized spacial score (nSPS) is 12.2. The highest BCUT2D eigenvalue weighted by Gasteiger charge is 2.21. The summed E-state index contributed by atoms with van der Waals surface area (Å²) in [5, 5.41) is 9.42. The molecule has 246 valence electrons. The number of para-hydroxylation sites is 4. The van der Waals surface area contributed by atoms with E-state index in [2.05, 4.69) is 138 Å². The van der Waals surface area contributed by atoms with Gasteiger partial charge in [0.1, 0.15) is 5.58 Å². The lowest BCUT2D eigenvalue weighted by Gasteiger charge is -2.13. The number of furan rings is 1. The van der Waals surface area contributed by atoms with Crippen molar-refractivity contribution in [3.8, 4) is 27.9 Å². The first-order valence-corrected chi connectivity index (χ1v) is 18.0. The smallest absolute Gasteiger partial charge is 0.263 e.